The van der Waals surface area contributed by atoms with Crippen LogP contribution in [0.3, 0.4) is 0 Å². The van der Waals surface area contributed by atoms with Gasteiger partial charge in [-0.1, -0.05) is 37.8 Å². The lowest BCUT2D eigenvalue weighted by Gasteiger charge is -2.06. The number of nitrogens with one attached hydrogen (secondary N) is 1. The van der Waals surface area contributed by atoms with E-state index in [4.69, 9.17) is 4.42 Å². The Morgan fingerprint density at radius 2 is 2.08 bits per heavy atom. The highest BCUT2D eigenvalue weighted by Crippen LogP contribution is 2.24. The lowest BCUT2D eigenvalue weighted by Crippen LogP contribution is -2.24. The number of hydrogen-bond donors (Lipinski definition) is 1. The van der Waals surface area contributed by atoms with Gasteiger partial charge in [-0.15, -0.1) is 0 Å². The summed E-state index contributed by atoms with van der Waals surface area (Å²) >= 11 is 0. The van der Waals surface area contributed by atoms with Crippen LogP contribution in [-0.2, 0) is 12.8 Å². The van der Waals surface area contributed by atoms with E-state index < -0.39 is 0 Å². The third-order valence-electron chi connectivity index (χ3n) is 4.12. The Kier molecular flexibility index (Phi) is 5.29. The Bertz CT molecular complexity index is 882. The molecule has 25 heavy (non-hydrogen) atoms. The number of carbonyl (C=O) groups is 1. The minimum Gasteiger partial charge on any atom is -0.440 e. The van der Waals surface area contributed by atoms with Crippen molar-refractivity contribution in [2.45, 2.75) is 26.2 Å². The standard InChI is InChI=1S/C21H22N2O2/c1-3-15-13-17(20-18(14-15)23-19(4-2)25-20)11-8-12-22-21(24)16-9-6-5-7-10-16/h3,5-7,9-10,13-14H,1,4,8,11-12H2,2H3,(H,22,24). The van der Waals surface area contributed by atoms with Gasteiger partial charge in [-0.2, -0.15) is 0 Å². The molecule has 0 saturated carbocycles. The minimum absolute atomic E-state index is 0.0430. The number of amides is 1. The highest BCUT2D eigenvalue weighted by atomic mass is 16.3. The molecule has 4 heteroatoms. The largest absolute Gasteiger partial charge is 0.440 e. The smallest absolute Gasteiger partial charge is 0.251 e. The van der Waals surface area contributed by atoms with Gasteiger partial charge in [0.1, 0.15) is 5.52 Å². The molecule has 0 bridgehead atoms. The topological polar surface area (TPSA) is 55.1 Å². The fourth-order valence-electron chi connectivity index (χ4n) is 2.80. The van der Waals surface area contributed by atoms with Crippen molar-refractivity contribution in [1.82, 2.24) is 10.3 Å². The van der Waals surface area contributed by atoms with Gasteiger partial charge in [-0.3, -0.25) is 4.79 Å². The summed E-state index contributed by atoms with van der Waals surface area (Å²) < 4.78 is 5.86. The molecule has 1 amide bonds. The zero-order valence-corrected chi connectivity index (χ0v) is 14.4. The molecule has 1 heterocycles. The van der Waals surface area contributed by atoms with Crippen LogP contribution in [0, 0.1) is 0 Å². The number of rotatable bonds is 7. The molecular formula is C21H22N2O2. The van der Waals surface area contributed by atoms with Crippen LogP contribution in [0.25, 0.3) is 17.2 Å². The van der Waals surface area contributed by atoms with E-state index in [2.05, 4.69) is 22.9 Å². The van der Waals surface area contributed by atoms with E-state index in [1.807, 2.05) is 49.4 Å². The van der Waals surface area contributed by atoms with Crippen molar-refractivity contribution < 1.29 is 9.21 Å². The SMILES string of the molecule is C=Cc1cc(CCCNC(=O)c2ccccc2)c2oc(CC)nc2c1. The fourth-order valence-corrected chi connectivity index (χ4v) is 2.80. The van der Waals surface area contributed by atoms with E-state index in [1.165, 1.54) is 0 Å². The number of carbonyl (C=O) groups excluding carboxylic acids is 1. The molecule has 1 N–H and O–H groups in total. The zero-order chi connectivity index (χ0) is 17.6. The van der Waals surface area contributed by atoms with Crippen LogP contribution in [0.5, 0.6) is 0 Å². The molecule has 2 aromatic carbocycles. The lowest BCUT2D eigenvalue weighted by molar-refractivity contribution is 0.0953. The number of benzene rings is 2. The summed E-state index contributed by atoms with van der Waals surface area (Å²) in [7, 11) is 0. The summed E-state index contributed by atoms with van der Waals surface area (Å²) in [5, 5.41) is 2.96. The number of fused-ring (bicyclic) bond motifs is 1. The first-order chi connectivity index (χ1) is 12.2. The number of aromatic nitrogens is 1. The van der Waals surface area contributed by atoms with Crippen LogP contribution in [0.2, 0.25) is 0 Å². The van der Waals surface area contributed by atoms with E-state index in [0.717, 1.165) is 47.4 Å². The summed E-state index contributed by atoms with van der Waals surface area (Å²) in [6.45, 7) is 6.48. The van der Waals surface area contributed by atoms with Crippen LogP contribution in [0.1, 0.15) is 40.7 Å². The van der Waals surface area contributed by atoms with Crippen molar-refractivity contribution in [2.24, 2.45) is 0 Å². The molecule has 0 spiro atoms. The van der Waals surface area contributed by atoms with E-state index in [-0.39, 0.29) is 5.91 Å². The van der Waals surface area contributed by atoms with Gasteiger partial charge in [-0.25, -0.2) is 4.98 Å². The molecule has 0 atom stereocenters. The predicted octanol–water partition coefficient (Wildman–Crippen LogP) is 4.40. The quantitative estimate of drug-likeness (QED) is 0.652. The summed E-state index contributed by atoms with van der Waals surface area (Å²) in [6, 6.07) is 13.3. The summed E-state index contributed by atoms with van der Waals surface area (Å²) in [6.07, 6.45) is 4.23. The molecule has 3 aromatic rings. The van der Waals surface area contributed by atoms with Gasteiger partial charge in [0.05, 0.1) is 0 Å². The van der Waals surface area contributed by atoms with E-state index >= 15 is 0 Å². The van der Waals surface area contributed by atoms with Gasteiger partial charge in [0, 0.05) is 18.5 Å². The number of aryl methyl sites for hydroxylation is 2. The van der Waals surface area contributed by atoms with Crippen LogP contribution < -0.4 is 5.32 Å². The molecule has 4 nitrogen and oxygen atoms in total. The maximum atomic E-state index is 12.1. The predicted molar refractivity (Wildman–Crippen MR) is 101 cm³/mol. The Balaban J connectivity index is 1.65. The maximum absolute atomic E-state index is 12.1. The molecule has 0 fully saturated rings. The second-order valence-electron chi connectivity index (χ2n) is 5.92. The van der Waals surface area contributed by atoms with E-state index in [0.29, 0.717) is 12.1 Å². The lowest BCUT2D eigenvalue weighted by atomic mass is 10.0. The number of oxazole rings is 1. The van der Waals surface area contributed by atoms with Gasteiger partial charge in [-0.05, 0) is 48.2 Å². The molecule has 0 saturated heterocycles. The molecule has 0 aliphatic carbocycles. The molecular weight excluding hydrogens is 312 g/mol. The third kappa shape index (κ3) is 3.97. The zero-order valence-electron chi connectivity index (χ0n) is 14.4. The highest BCUT2D eigenvalue weighted by molar-refractivity contribution is 5.94. The molecule has 1 aromatic heterocycles. The molecule has 128 valence electrons. The van der Waals surface area contributed by atoms with Crippen LogP contribution in [0.15, 0.2) is 53.5 Å². The monoisotopic (exact) mass is 334 g/mol. The minimum atomic E-state index is -0.0430. The Labute approximate surface area is 147 Å². The first-order valence-corrected chi connectivity index (χ1v) is 8.59. The summed E-state index contributed by atoms with van der Waals surface area (Å²) in [5.41, 5.74) is 4.54. The van der Waals surface area contributed by atoms with Crippen molar-refractivity contribution >= 4 is 23.1 Å². The fraction of sp³-hybridized carbons (Fsp3) is 0.238. The second-order valence-corrected chi connectivity index (χ2v) is 5.92. The van der Waals surface area contributed by atoms with Gasteiger partial charge < -0.3 is 9.73 Å². The summed E-state index contributed by atoms with van der Waals surface area (Å²) in [4.78, 5) is 16.6. The summed E-state index contributed by atoms with van der Waals surface area (Å²) in [5.74, 6) is 0.702. The third-order valence-corrected chi connectivity index (χ3v) is 4.12. The molecule has 0 unspecified atom stereocenters. The molecule has 0 radical (unpaired) electrons. The number of nitrogens with zero attached hydrogens (tertiary/aromatic N) is 1. The number of hydrogen-bond acceptors (Lipinski definition) is 3. The van der Waals surface area contributed by atoms with Gasteiger partial charge >= 0.3 is 0 Å². The van der Waals surface area contributed by atoms with Crippen molar-refractivity contribution in [3.8, 4) is 0 Å². The van der Waals surface area contributed by atoms with Crippen molar-refractivity contribution in [3.05, 3.63) is 71.6 Å². The molecule has 0 aliphatic heterocycles. The molecule has 0 aliphatic rings. The van der Waals surface area contributed by atoms with Crippen LogP contribution >= 0.6 is 0 Å². The first-order valence-electron chi connectivity index (χ1n) is 8.59. The van der Waals surface area contributed by atoms with E-state index in [1.54, 1.807) is 0 Å². The maximum Gasteiger partial charge on any atom is 0.251 e. The average Bonchev–Trinajstić information content (AvgIpc) is 3.08. The van der Waals surface area contributed by atoms with Crippen LogP contribution in [0.4, 0.5) is 0 Å². The van der Waals surface area contributed by atoms with E-state index in [9.17, 15) is 4.79 Å². The Morgan fingerprint density at radius 3 is 2.80 bits per heavy atom. The van der Waals surface area contributed by atoms with Crippen molar-refractivity contribution in [1.29, 1.82) is 0 Å². The Hall–Kier alpha value is -2.88. The van der Waals surface area contributed by atoms with Crippen molar-refractivity contribution in [3.63, 3.8) is 0 Å². The molecule has 3 rings (SSSR count). The van der Waals surface area contributed by atoms with Crippen molar-refractivity contribution in [2.75, 3.05) is 6.54 Å². The van der Waals surface area contributed by atoms with Gasteiger partial charge in [0.25, 0.3) is 5.91 Å². The normalized spacial score (nSPS) is 10.8. The Morgan fingerprint density at radius 1 is 1.28 bits per heavy atom. The first kappa shape index (κ1) is 17.0. The average molecular weight is 334 g/mol. The second kappa shape index (κ2) is 7.79. The highest BCUT2D eigenvalue weighted by Gasteiger charge is 2.11. The van der Waals surface area contributed by atoms with Gasteiger partial charge in [0.15, 0.2) is 11.5 Å². The van der Waals surface area contributed by atoms with Gasteiger partial charge in [0.2, 0.25) is 0 Å². The van der Waals surface area contributed by atoms with Crippen LogP contribution in [-0.4, -0.2) is 17.4 Å².